The molecule has 0 aliphatic heterocycles. The minimum Gasteiger partial charge on any atom is -0.480 e. The highest BCUT2D eigenvalue weighted by atomic mass is 31.2. The number of carboxylic acid groups (broad SMARTS) is 1. The van der Waals surface area contributed by atoms with Crippen molar-refractivity contribution in [1.82, 2.24) is 0 Å². The van der Waals surface area contributed by atoms with Crippen LogP contribution in [0.15, 0.2) is 60.8 Å². The van der Waals surface area contributed by atoms with Gasteiger partial charge in [-0.2, -0.15) is 0 Å². The smallest absolute Gasteiger partial charge is 0.472 e. The van der Waals surface area contributed by atoms with Crippen molar-refractivity contribution in [3.05, 3.63) is 60.8 Å². The molecule has 0 radical (unpaired) electrons. The molecule has 3 atom stereocenters. The summed E-state index contributed by atoms with van der Waals surface area (Å²) in [6.07, 6.45) is 49.9. The standard InChI is InChI=1S/C48H84NO10P/c1-3-5-7-9-11-13-15-17-19-20-21-22-23-24-26-28-30-32-34-36-38-40-47(51)59-44(42-57-60(54,55)58-43-45(49)48(52)53)41-56-46(50)39-37-35-33-31-29-27-25-18-16-14-12-10-8-6-4-2/h5,7,11,13,17-19,21-22,25,44-45H,3-4,6,8-10,12,14-16,20,23-24,26-43,49H2,1-2H3,(H,52,53)(H,54,55)/b7-5-,13-11-,19-17-,22-21-,25-18-. The first-order valence-electron chi connectivity index (χ1n) is 23.3. The van der Waals surface area contributed by atoms with Crippen molar-refractivity contribution in [3.63, 3.8) is 0 Å². The summed E-state index contributed by atoms with van der Waals surface area (Å²) >= 11 is 0. The fourth-order valence-electron chi connectivity index (χ4n) is 6.11. The van der Waals surface area contributed by atoms with Gasteiger partial charge in [-0.3, -0.25) is 23.4 Å². The molecule has 0 aromatic heterocycles. The molecule has 0 saturated heterocycles. The highest BCUT2D eigenvalue weighted by molar-refractivity contribution is 7.47. The van der Waals surface area contributed by atoms with Crippen molar-refractivity contribution in [2.75, 3.05) is 19.8 Å². The number of aliphatic carboxylic acids is 1. The molecule has 0 aliphatic rings. The van der Waals surface area contributed by atoms with Crippen LogP contribution in [0.2, 0.25) is 0 Å². The molecule has 0 fully saturated rings. The molecular formula is C48H84NO10P. The lowest BCUT2D eigenvalue weighted by Gasteiger charge is -2.20. The highest BCUT2D eigenvalue weighted by Crippen LogP contribution is 2.43. The number of phosphoric acid groups is 1. The van der Waals surface area contributed by atoms with Gasteiger partial charge in [0.15, 0.2) is 6.10 Å². The lowest BCUT2D eigenvalue weighted by molar-refractivity contribution is -0.161. The van der Waals surface area contributed by atoms with Crippen LogP contribution in [-0.4, -0.2) is 59.9 Å². The maximum absolute atomic E-state index is 12.7. The van der Waals surface area contributed by atoms with Gasteiger partial charge < -0.3 is 25.2 Å². The number of phosphoric ester groups is 1. The van der Waals surface area contributed by atoms with E-state index in [1.54, 1.807) is 0 Å². The van der Waals surface area contributed by atoms with Crippen molar-refractivity contribution in [3.8, 4) is 0 Å². The third-order valence-electron chi connectivity index (χ3n) is 9.75. The molecule has 0 aromatic carbocycles. The second kappa shape index (κ2) is 42.9. The Morgan fingerprint density at radius 1 is 0.533 bits per heavy atom. The number of allylic oxidation sites excluding steroid dienone is 10. The van der Waals surface area contributed by atoms with E-state index in [9.17, 15) is 23.8 Å². The van der Waals surface area contributed by atoms with Gasteiger partial charge in [0, 0.05) is 12.8 Å². The zero-order valence-electron chi connectivity index (χ0n) is 37.5. The monoisotopic (exact) mass is 866 g/mol. The van der Waals surface area contributed by atoms with E-state index in [2.05, 4.69) is 79.1 Å². The average Bonchev–Trinajstić information content (AvgIpc) is 3.22. The molecule has 60 heavy (non-hydrogen) atoms. The molecule has 4 N–H and O–H groups in total. The van der Waals surface area contributed by atoms with Crippen LogP contribution in [0.25, 0.3) is 0 Å². The van der Waals surface area contributed by atoms with Gasteiger partial charge in [-0.05, 0) is 77.0 Å². The van der Waals surface area contributed by atoms with Crippen LogP contribution in [0.5, 0.6) is 0 Å². The van der Waals surface area contributed by atoms with Crippen molar-refractivity contribution in [1.29, 1.82) is 0 Å². The lowest BCUT2D eigenvalue weighted by atomic mass is 10.1. The number of rotatable bonds is 43. The van der Waals surface area contributed by atoms with E-state index in [0.717, 1.165) is 96.3 Å². The molecule has 0 amide bonds. The van der Waals surface area contributed by atoms with Crippen molar-refractivity contribution in [2.45, 2.75) is 206 Å². The Bertz CT molecular complexity index is 1250. The molecule has 0 rings (SSSR count). The number of hydrogen-bond donors (Lipinski definition) is 3. The Morgan fingerprint density at radius 3 is 1.42 bits per heavy atom. The summed E-state index contributed by atoms with van der Waals surface area (Å²) in [5, 5.41) is 8.90. The number of esters is 2. The second-order valence-electron chi connectivity index (χ2n) is 15.5. The summed E-state index contributed by atoms with van der Waals surface area (Å²) in [5.74, 6) is -2.40. The summed E-state index contributed by atoms with van der Waals surface area (Å²) in [6, 6.07) is -1.53. The third kappa shape index (κ3) is 41.9. The van der Waals surface area contributed by atoms with Gasteiger partial charge in [-0.25, -0.2) is 4.57 Å². The molecule has 0 spiro atoms. The summed E-state index contributed by atoms with van der Waals surface area (Å²) in [7, 11) is -4.72. The van der Waals surface area contributed by atoms with Gasteiger partial charge in [0.05, 0.1) is 13.2 Å². The minimum atomic E-state index is -4.72. The first-order chi connectivity index (χ1) is 29.1. The van der Waals surface area contributed by atoms with Crippen molar-refractivity contribution < 1.29 is 47.5 Å². The van der Waals surface area contributed by atoms with E-state index in [4.69, 9.17) is 24.8 Å². The van der Waals surface area contributed by atoms with Crippen molar-refractivity contribution >= 4 is 25.7 Å². The number of hydrogen-bond acceptors (Lipinski definition) is 9. The Kier molecular flexibility index (Phi) is 40.8. The summed E-state index contributed by atoms with van der Waals surface area (Å²) in [6.45, 7) is 2.67. The normalized spacial score (nSPS) is 14.2. The van der Waals surface area contributed by atoms with Gasteiger partial charge in [-0.15, -0.1) is 0 Å². The van der Waals surface area contributed by atoms with E-state index in [1.165, 1.54) is 57.8 Å². The van der Waals surface area contributed by atoms with Crippen LogP contribution >= 0.6 is 7.82 Å². The quantitative estimate of drug-likeness (QED) is 0.0230. The largest absolute Gasteiger partial charge is 0.480 e. The average molecular weight is 866 g/mol. The van der Waals surface area contributed by atoms with Crippen LogP contribution in [0.4, 0.5) is 0 Å². The lowest BCUT2D eigenvalue weighted by Crippen LogP contribution is -2.34. The molecule has 11 nitrogen and oxygen atoms in total. The highest BCUT2D eigenvalue weighted by Gasteiger charge is 2.28. The van der Waals surface area contributed by atoms with Gasteiger partial charge in [0.1, 0.15) is 12.6 Å². The fraction of sp³-hybridized carbons (Fsp3) is 0.729. The molecule has 0 aliphatic carbocycles. The number of unbranched alkanes of at least 4 members (excludes halogenated alkanes) is 19. The number of carbonyl (C=O) groups is 3. The molecule has 0 aromatic rings. The molecule has 346 valence electrons. The first-order valence-corrected chi connectivity index (χ1v) is 24.8. The predicted molar refractivity (Wildman–Crippen MR) is 245 cm³/mol. The van der Waals surface area contributed by atoms with Crippen molar-refractivity contribution in [2.24, 2.45) is 5.73 Å². The summed E-state index contributed by atoms with van der Waals surface area (Å²) in [5.41, 5.74) is 5.34. The molecule has 12 heteroatoms. The Balaban J connectivity index is 4.34. The third-order valence-corrected chi connectivity index (χ3v) is 10.7. The second-order valence-corrected chi connectivity index (χ2v) is 17.0. The Morgan fingerprint density at radius 2 is 0.933 bits per heavy atom. The Hall–Kier alpha value is -2.82. The SMILES string of the molecule is CC/C=C\C/C=C\C/C=C\C/C=C\CCCCCCCCCCC(=O)OC(COC(=O)CCCCCCC/C=C\CCCCCCCC)COP(=O)(O)OCC(N)C(=O)O. The van der Waals surface area contributed by atoms with Crippen LogP contribution in [0, 0.1) is 0 Å². The zero-order valence-corrected chi connectivity index (χ0v) is 38.4. The molecule has 0 saturated carbocycles. The topological polar surface area (TPSA) is 172 Å². The number of carboxylic acids is 1. The van der Waals surface area contributed by atoms with Crippen LogP contribution in [0.3, 0.4) is 0 Å². The van der Waals surface area contributed by atoms with Gasteiger partial charge in [0.25, 0.3) is 0 Å². The number of carbonyl (C=O) groups excluding carboxylic acids is 2. The Labute approximate surface area is 364 Å². The fourth-order valence-corrected chi connectivity index (χ4v) is 6.89. The van der Waals surface area contributed by atoms with Crippen LogP contribution in [0.1, 0.15) is 194 Å². The predicted octanol–water partition coefficient (Wildman–Crippen LogP) is 12.7. The van der Waals surface area contributed by atoms with E-state index < -0.39 is 51.1 Å². The maximum atomic E-state index is 12.7. The van der Waals surface area contributed by atoms with Crippen LogP contribution < -0.4 is 5.73 Å². The molecular weight excluding hydrogens is 781 g/mol. The zero-order chi connectivity index (χ0) is 44.2. The molecule has 3 unspecified atom stereocenters. The minimum absolute atomic E-state index is 0.148. The molecule has 0 bridgehead atoms. The van der Waals surface area contributed by atoms with E-state index in [-0.39, 0.29) is 19.4 Å². The summed E-state index contributed by atoms with van der Waals surface area (Å²) in [4.78, 5) is 46.1. The van der Waals surface area contributed by atoms with E-state index >= 15 is 0 Å². The summed E-state index contributed by atoms with van der Waals surface area (Å²) < 4.78 is 32.7. The van der Waals surface area contributed by atoms with Gasteiger partial charge in [0.2, 0.25) is 0 Å². The van der Waals surface area contributed by atoms with Gasteiger partial charge >= 0.3 is 25.7 Å². The van der Waals surface area contributed by atoms with Gasteiger partial charge in [-0.1, -0.05) is 164 Å². The first kappa shape index (κ1) is 57.2. The van der Waals surface area contributed by atoms with E-state index in [1.807, 2.05) is 0 Å². The number of nitrogens with two attached hydrogens (primary N) is 1. The maximum Gasteiger partial charge on any atom is 0.472 e. The van der Waals surface area contributed by atoms with Crippen LogP contribution in [-0.2, 0) is 37.5 Å². The van der Waals surface area contributed by atoms with E-state index in [0.29, 0.717) is 12.8 Å². The molecule has 0 heterocycles. The number of ether oxygens (including phenoxy) is 2.